The largest absolute Gasteiger partial charge is 0.394 e. The first-order chi connectivity index (χ1) is 13.2. The summed E-state index contributed by atoms with van der Waals surface area (Å²) in [6, 6.07) is 0. The number of H-pyrrole nitrogens is 1. The molecule has 1 aliphatic heterocycles. The zero-order chi connectivity index (χ0) is 20.6. The summed E-state index contributed by atoms with van der Waals surface area (Å²) in [5, 5.41) is 39.1. The third-order valence-corrected chi connectivity index (χ3v) is 4.42. The van der Waals surface area contributed by atoms with Crippen LogP contribution in [0.3, 0.4) is 0 Å². The SMILES string of the molecule is N=C(N)CCNC(=O)c1cn(C2O[C@H](CO)[C@@H](O)[C@H]2O)c2nc(N)[nH]c(=O)c12. The number of hydrogen-bond acceptors (Lipinski definition) is 9. The first-order valence-electron chi connectivity index (χ1n) is 8.38. The molecule has 0 radical (unpaired) electrons. The number of carbonyl (C=O) groups is 1. The van der Waals surface area contributed by atoms with Crippen LogP contribution in [0.15, 0.2) is 11.0 Å². The van der Waals surface area contributed by atoms with E-state index in [1.165, 1.54) is 10.8 Å². The Balaban J connectivity index is 2.06. The molecule has 1 unspecified atom stereocenters. The fourth-order valence-electron chi connectivity index (χ4n) is 3.05. The molecule has 3 rings (SSSR count). The molecule has 0 aromatic carbocycles. The third-order valence-electron chi connectivity index (χ3n) is 4.42. The van der Waals surface area contributed by atoms with Gasteiger partial charge in [0.1, 0.15) is 18.3 Å². The van der Waals surface area contributed by atoms with Gasteiger partial charge in [-0.1, -0.05) is 0 Å². The van der Waals surface area contributed by atoms with E-state index < -0.39 is 42.6 Å². The standard InChI is InChI=1S/C15H21N7O6/c16-7(17)1-2-19-12(26)5-3-22(11-8(5)13(27)21-15(18)20-11)14-10(25)9(24)6(4-23)28-14/h3,6,9-10,14,23-25H,1-2,4H2,(H3,16,17)(H,19,26)(H3,18,20,21,27)/t6-,9-,10-,14?/m1/s1. The highest BCUT2D eigenvalue weighted by Gasteiger charge is 2.44. The van der Waals surface area contributed by atoms with E-state index in [1.807, 2.05) is 0 Å². The van der Waals surface area contributed by atoms with Crippen molar-refractivity contribution in [3.8, 4) is 0 Å². The maximum absolute atomic E-state index is 12.5. The van der Waals surface area contributed by atoms with Gasteiger partial charge in [0.05, 0.1) is 23.4 Å². The fourth-order valence-corrected chi connectivity index (χ4v) is 3.05. The highest BCUT2D eigenvalue weighted by Crippen LogP contribution is 2.32. The van der Waals surface area contributed by atoms with Crippen LogP contribution in [0.25, 0.3) is 11.0 Å². The van der Waals surface area contributed by atoms with Crippen LogP contribution in [0, 0.1) is 5.41 Å². The number of hydrogen-bond donors (Lipinski definition) is 8. The van der Waals surface area contributed by atoms with Crippen molar-refractivity contribution in [3.05, 3.63) is 22.1 Å². The molecule has 0 bridgehead atoms. The summed E-state index contributed by atoms with van der Waals surface area (Å²) in [5.74, 6) is -0.956. The quantitative estimate of drug-likeness (QED) is 0.183. The van der Waals surface area contributed by atoms with Crippen LogP contribution in [0.4, 0.5) is 5.95 Å². The van der Waals surface area contributed by atoms with Gasteiger partial charge in [-0.2, -0.15) is 4.98 Å². The van der Waals surface area contributed by atoms with Gasteiger partial charge < -0.3 is 41.4 Å². The summed E-state index contributed by atoms with van der Waals surface area (Å²) in [6.07, 6.45) is -3.70. The number of nitrogens with two attached hydrogens (primary N) is 2. The monoisotopic (exact) mass is 395 g/mol. The molecule has 1 saturated heterocycles. The zero-order valence-electron chi connectivity index (χ0n) is 14.6. The minimum atomic E-state index is -1.44. The van der Waals surface area contributed by atoms with Crippen LogP contribution < -0.4 is 22.3 Å². The number of aromatic nitrogens is 3. The summed E-state index contributed by atoms with van der Waals surface area (Å²) in [5.41, 5.74) is 10.1. The number of aliphatic hydroxyl groups is 3. The van der Waals surface area contributed by atoms with Crippen LogP contribution in [0.5, 0.6) is 0 Å². The molecule has 13 heteroatoms. The number of nitrogen functional groups attached to an aromatic ring is 1. The van der Waals surface area contributed by atoms with E-state index in [0.717, 1.165) is 0 Å². The Hall–Kier alpha value is -3.00. The highest BCUT2D eigenvalue weighted by atomic mass is 16.6. The van der Waals surface area contributed by atoms with E-state index in [9.17, 15) is 24.9 Å². The van der Waals surface area contributed by atoms with E-state index in [1.54, 1.807) is 0 Å². The Bertz CT molecular complexity index is 970. The van der Waals surface area contributed by atoms with E-state index in [0.29, 0.717) is 0 Å². The number of aliphatic hydroxyl groups excluding tert-OH is 3. The lowest BCUT2D eigenvalue weighted by molar-refractivity contribution is -0.0508. The number of fused-ring (bicyclic) bond motifs is 1. The first-order valence-corrected chi connectivity index (χ1v) is 8.38. The van der Waals surface area contributed by atoms with Gasteiger partial charge in [0.2, 0.25) is 5.95 Å². The van der Waals surface area contributed by atoms with Crippen LogP contribution >= 0.6 is 0 Å². The number of aromatic amines is 1. The number of amidine groups is 1. The summed E-state index contributed by atoms with van der Waals surface area (Å²) < 4.78 is 6.67. The maximum Gasteiger partial charge on any atom is 0.262 e. The highest BCUT2D eigenvalue weighted by molar-refractivity contribution is 6.06. The van der Waals surface area contributed by atoms with Crippen molar-refractivity contribution in [3.63, 3.8) is 0 Å². The number of ether oxygens (including phenoxy) is 1. The third kappa shape index (κ3) is 3.43. The molecular formula is C15H21N7O6. The van der Waals surface area contributed by atoms with Crippen molar-refractivity contribution in [2.45, 2.75) is 31.0 Å². The molecule has 13 nitrogen and oxygen atoms in total. The van der Waals surface area contributed by atoms with Crippen LogP contribution in [-0.2, 0) is 4.74 Å². The normalized spacial score (nSPS) is 24.5. The Morgan fingerprint density at radius 1 is 1.43 bits per heavy atom. The maximum atomic E-state index is 12.5. The molecule has 1 amide bonds. The smallest absolute Gasteiger partial charge is 0.262 e. The van der Waals surface area contributed by atoms with Gasteiger partial charge in [0, 0.05) is 19.2 Å². The summed E-state index contributed by atoms with van der Waals surface area (Å²) >= 11 is 0. The molecule has 0 spiro atoms. The number of anilines is 1. The molecule has 0 saturated carbocycles. The van der Waals surface area contributed by atoms with Crippen LogP contribution in [0.2, 0.25) is 0 Å². The van der Waals surface area contributed by atoms with Gasteiger partial charge in [-0.15, -0.1) is 0 Å². The molecular weight excluding hydrogens is 374 g/mol. The fraction of sp³-hybridized carbons (Fsp3) is 0.467. The van der Waals surface area contributed by atoms with Gasteiger partial charge in [-0.3, -0.25) is 20.0 Å². The molecule has 0 aliphatic carbocycles. The summed E-state index contributed by atoms with van der Waals surface area (Å²) in [7, 11) is 0. The number of nitrogens with zero attached hydrogens (tertiary/aromatic N) is 2. The minimum Gasteiger partial charge on any atom is -0.394 e. The number of amides is 1. The molecule has 28 heavy (non-hydrogen) atoms. The zero-order valence-corrected chi connectivity index (χ0v) is 14.6. The molecule has 1 aliphatic rings. The Labute approximate surface area is 157 Å². The van der Waals surface area contributed by atoms with E-state index in [-0.39, 0.29) is 41.3 Å². The molecule has 3 heterocycles. The Morgan fingerprint density at radius 2 is 2.14 bits per heavy atom. The second-order valence-electron chi connectivity index (χ2n) is 6.36. The van der Waals surface area contributed by atoms with E-state index in [4.69, 9.17) is 21.6 Å². The topological polar surface area (TPSA) is 226 Å². The summed E-state index contributed by atoms with van der Waals surface area (Å²) in [6.45, 7) is -0.461. The average molecular weight is 395 g/mol. The van der Waals surface area contributed by atoms with Gasteiger partial charge >= 0.3 is 0 Å². The number of rotatable bonds is 6. The first kappa shape index (κ1) is 19.8. The molecule has 1 fully saturated rings. The predicted molar refractivity (Wildman–Crippen MR) is 96.6 cm³/mol. The van der Waals surface area contributed by atoms with Crippen molar-refractivity contribution in [2.24, 2.45) is 5.73 Å². The van der Waals surface area contributed by atoms with E-state index >= 15 is 0 Å². The summed E-state index contributed by atoms with van der Waals surface area (Å²) in [4.78, 5) is 31.2. The van der Waals surface area contributed by atoms with Crippen molar-refractivity contribution in [1.82, 2.24) is 19.9 Å². The number of nitrogens with one attached hydrogen (secondary N) is 3. The Morgan fingerprint density at radius 3 is 2.75 bits per heavy atom. The molecule has 2 aromatic heterocycles. The molecule has 10 N–H and O–H groups in total. The van der Waals surface area contributed by atoms with Gasteiger partial charge in [-0.25, -0.2) is 0 Å². The molecule has 4 atom stereocenters. The molecule has 2 aromatic rings. The van der Waals surface area contributed by atoms with Crippen molar-refractivity contribution in [1.29, 1.82) is 5.41 Å². The van der Waals surface area contributed by atoms with Crippen LogP contribution in [0.1, 0.15) is 23.0 Å². The van der Waals surface area contributed by atoms with E-state index in [2.05, 4.69) is 15.3 Å². The second-order valence-corrected chi connectivity index (χ2v) is 6.36. The van der Waals surface area contributed by atoms with Gasteiger partial charge in [0.25, 0.3) is 11.5 Å². The molecule has 152 valence electrons. The van der Waals surface area contributed by atoms with Crippen molar-refractivity contribution < 1.29 is 24.9 Å². The van der Waals surface area contributed by atoms with Gasteiger partial charge in [0.15, 0.2) is 11.9 Å². The second kappa shape index (κ2) is 7.55. The van der Waals surface area contributed by atoms with Crippen molar-refractivity contribution >= 4 is 28.7 Å². The lowest BCUT2D eigenvalue weighted by Gasteiger charge is -2.17. The van der Waals surface area contributed by atoms with Crippen LogP contribution in [-0.4, -0.2) is 73.1 Å². The lowest BCUT2D eigenvalue weighted by atomic mass is 10.1. The minimum absolute atomic E-state index is 0.0344. The predicted octanol–water partition coefficient (Wildman–Crippen LogP) is -3.03. The van der Waals surface area contributed by atoms with Gasteiger partial charge in [-0.05, 0) is 0 Å². The van der Waals surface area contributed by atoms with Crippen molar-refractivity contribution in [2.75, 3.05) is 18.9 Å². The Kier molecular flexibility index (Phi) is 5.33. The average Bonchev–Trinajstić information content (AvgIpc) is 3.13. The number of carbonyl (C=O) groups excluding carboxylic acids is 1. The lowest BCUT2D eigenvalue weighted by Crippen LogP contribution is -2.33.